The normalized spacial score (nSPS) is 22.8. The van der Waals surface area contributed by atoms with E-state index in [2.05, 4.69) is 9.46 Å². The van der Waals surface area contributed by atoms with Crippen LogP contribution in [0, 0.1) is 5.92 Å². The zero-order valence-electron chi connectivity index (χ0n) is 14.4. The largest absolute Gasteiger partial charge is 0.480 e. The summed E-state index contributed by atoms with van der Waals surface area (Å²) in [4.78, 5) is 24.3. The van der Waals surface area contributed by atoms with Crippen LogP contribution >= 0.6 is 0 Å². The van der Waals surface area contributed by atoms with Gasteiger partial charge >= 0.3 is 11.9 Å². The van der Waals surface area contributed by atoms with Gasteiger partial charge in [0.25, 0.3) is 10.0 Å². The molecule has 1 heterocycles. The van der Waals surface area contributed by atoms with Crippen molar-refractivity contribution < 1.29 is 32.3 Å². The van der Waals surface area contributed by atoms with Crippen LogP contribution in [0.1, 0.15) is 36.0 Å². The number of nitrogens with one attached hydrogen (secondary N) is 1. The highest BCUT2D eigenvalue weighted by molar-refractivity contribution is 7.89. The van der Waals surface area contributed by atoms with Gasteiger partial charge in [-0.2, -0.15) is 0 Å². The van der Waals surface area contributed by atoms with Gasteiger partial charge in [-0.05, 0) is 31.6 Å². The molecule has 0 aromatic carbocycles. The zero-order chi connectivity index (χ0) is 18.9. The Bertz CT molecular complexity index is 778. The molecule has 1 aromatic rings. The Morgan fingerprint density at radius 3 is 2.65 bits per heavy atom. The fourth-order valence-electron chi connectivity index (χ4n) is 3.09. The Kier molecular flexibility index (Phi) is 5.35. The molecule has 0 spiro atoms. The maximum atomic E-state index is 12.3. The average Bonchev–Trinajstić information content (AvgIpc) is 3.20. The molecule has 10 heteroatoms. The van der Waals surface area contributed by atoms with Gasteiger partial charge in [0.05, 0.1) is 19.2 Å². The first-order valence-electron chi connectivity index (χ1n) is 8.43. The summed E-state index contributed by atoms with van der Waals surface area (Å²) < 4.78 is 36.7. The van der Waals surface area contributed by atoms with Gasteiger partial charge in [-0.3, -0.25) is 9.69 Å². The highest BCUT2D eigenvalue weighted by atomic mass is 32.2. The van der Waals surface area contributed by atoms with Crippen molar-refractivity contribution in [2.24, 2.45) is 5.92 Å². The second-order valence-electron chi connectivity index (χ2n) is 6.86. The van der Waals surface area contributed by atoms with E-state index in [0.29, 0.717) is 18.8 Å². The van der Waals surface area contributed by atoms with Crippen molar-refractivity contribution in [1.82, 2.24) is 9.62 Å². The van der Waals surface area contributed by atoms with E-state index in [-0.39, 0.29) is 29.3 Å². The summed E-state index contributed by atoms with van der Waals surface area (Å²) >= 11 is 0. The van der Waals surface area contributed by atoms with E-state index in [1.54, 1.807) is 0 Å². The summed E-state index contributed by atoms with van der Waals surface area (Å²) in [6, 6.07) is 0.891. The standard InChI is InChI=1S/C16H22N2O7S/c1-24-16(21)11-4-15(25-9-11)26(22,23)17-12-5-13(6-12)18(8-14(19)20)7-10-2-3-10/h4,9-10,12-13,17H,2-3,5-8H2,1H3,(H,19,20). The molecule has 0 atom stereocenters. The first-order chi connectivity index (χ1) is 12.3. The van der Waals surface area contributed by atoms with Gasteiger partial charge in [-0.15, -0.1) is 0 Å². The van der Waals surface area contributed by atoms with Crippen molar-refractivity contribution in [3.05, 3.63) is 17.9 Å². The van der Waals surface area contributed by atoms with Crippen molar-refractivity contribution in [1.29, 1.82) is 0 Å². The number of carbonyl (C=O) groups is 2. The minimum absolute atomic E-state index is 0.0245. The molecule has 0 unspecified atom stereocenters. The summed E-state index contributed by atoms with van der Waals surface area (Å²) in [5.41, 5.74) is 0.0245. The number of carboxylic acids is 1. The van der Waals surface area contributed by atoms with Gasteiger partial charge in [0.2, 0.25) is 5.09 Å². The second kappa shape index (κ2) is 7.37. The lowest BCUT2D eigenvalue weighted by atomic mass is 9.86. The number of hydrogen-bond acceptors (Lipinski definition) is 7. The van der Waals surface area contributed by atoms with Crippen molar-refractivity contribution in [3.8, 4) is 0 Å². The summed E-state index contributed by atoms with van der Waals surface area (Å²) in [7, 11) is -2.69. The molecule has 0 saturated heterocycles. The number of hydrogen-bond donors (Lipinski definition) is 2. The number of sulfonamides is 1. The highest BCUT2D eigenvalue weighted by Crippen LogP contribution is 2.34. The molecule has 1 aromatic heterocycles. The summed E-state index contributed by atoms with van der Waals surface area (Å²) in [6.07, 6.45) is 4.38. The van der Waals surface area contributed by atoms with Crippen LogP contribution in [0.2, 0.25) is 0 Å². The number of esters is 1. The van der Waals surface area contributed by atoms with Gasteiger partial charge in [0.1, 0.15) is 6.26 Å². The van der Waals surface area contributed by atoms with Gasteiger partial charge < -0.3 is 14.3 Å². The number of furan rings is 1. The predicted molar refractivity (Wildman–Crippen MR) is 89.1 cm³/mol. The Morgan fingerprint density at radius 2 is 2.08 bits per heavy atom. The molecular formula is C16H22N2O7S. The molecule has 3 rings (SSSR count). The quantitative estimate of drug-likeness (QED) is 0.593. The zero-order valence-corrected chi connectivity index (χ0v) is 15.2. The number of nitrogens with zero attached hydrogens (tertiary/aromatic N) is 1. The molecule has 2 N–H and O–H groups in total. The minimum atomic E-state index is -3.88. The fraction of sp³-hybridized carbons (Fsp3) is 0.625. The molecule has 9 nitrogen and oxygen atoms in total. The first kappa shape index (κ1) is 18.9. The Labute approximate surface area is 151 Å². The molecule has 0 bridgehead atoms. The fourth-order valence-corrected chi connectivity index (χ4v) is 4.29. The first-order valence-corrected chi connectivity index (χ1v) is 9.92. The van der Waals surface area contributed by atoms with Crippen LogP contribution in [0.4, 0.5) is 0 Å². The number of aliphatic carboxylic acids is 1. The monoisotopic (exact) mass is 386 g/mol. The number of carboxylic acid groups (broad SMARTS) is 1. The maximum Gasteiger partial charge on any atom is 0.341 e. The Hall–Kier alpha value is -1.91. The predicted octanol–water partition coefficient (Wildman–Crippen LogP) is 0.672. The van der Waals surface area contributed by atoms with Crippen molar-refractivity contribution in [2.75, 3.05) is 20.2 Å². The third kappa shape index (κ3) is 4.43. The van der Waals surface area contributed by atoms with E-state index in [1.807, 2.05) is 4.90 Å². The molecule has 2 fully saturated rings. The molecular weight excluding hydrogens is 364 g/mol. The lowest BCUT2D eigenvalue weighted by Crippen LogP contribution is -2.55. The van der Waals surface area contributed by atoms with Crippen LogP contribution < -0.4 is 4.72 Å². The van der Waals surface area contributed by atoms with E-state index in [0.717, 1.165) is 31.7 Å². The van der Waals surface area contributed by atoms with Crippen LogP contribution in [0.25, 0.3) is 0 Å². The Balaban J connectivity index is 1.55. The van der Waals surface area contributed by atoms with Gasteiger partial charge in [-0.1, -0.05) is 0 Å². The van der Waals surface area contributed by atoms with E-state index in [9.17, 15) is 18.0 Å². The number of carbonyl (C=O) groups excluding carboxylic acids is 1. The van der Waals surface area contributed by atoms with Crippen LogP contribution in [0.5, 0.6) is 0 Å². The minimum Gasteiger partial charge on any atom is -0.480 e. The van der Waals surface area contributed by atoms with Gasteiger partial charge in [-0.25, -0.2) is 17.9 Å². The van der Waals surface area contributed by atoms with E-state index in [1.165, 1.54) is 7.11 Å². The number of methoxy groups -OCH3 is 1. The topological polar surface area (TPSA) is 126 Å². The molecule has 2 aliphatic rings. The van der Waals surface area contributed by atoms with E-state index in [4.69, 9.17) is 9.52 Å². The van der Waals surface area contributed by atoms with Crippen molar-refractivity contribution >= 4 is 22.0 Å². The van der Waals surface area contributed by atoms with E-state index < -0.39 is 22.0 Å². The molecule has 0 aliphatic heterocycles. The lowest BCUT2D eigenvalue weighted by molar-refractivity contribution is -0.139. The molecule has 2 aliphatic carbocycles. The van der Waals surface area contributed by atoms with Crippen LogP contribution in [0.15, 0.2) is 21.8 Å². The maximum absolute atomic E-state index is 12.3. The molecule has 0 radical (unpaired) electrons. The molecule has 2 saturated carbocycles. The van der Waals surface area contributed by atoms with Crippen LogP contribution in [0.3, 0.4) is 0 Å². The van der Waals surface area contributed by atoms with Crippen molar-refractivity contribution in [3.63, 3.8) is 0 Å². The van der Waals surface area contributed by atoms with E-state index >= 15 is 0 Å². The van der Waals surface area contributed by atoms with Gasteiger partial charge in [0, 0.05) is 24.7 Å². The van der Waals surface area contributed by atoms with Gasteiger partial charge in [0.15, 0.2) is 0 Å². The summed E-state index contributed by atoms with van der Waals surface area (Å²) in [5, 5.41) is 8.71. The third-order valence-corrected chi connectivity index (χ3v) is 6.13. The Morgan fingerprint density at radius 1 is 1.38 bits per heavy atom. The van der Waals surface area contributed by atoms with Crippen molar-refractivity contribution in [2.45, 2.75) is 42.9 Å². The average molecular weight is 386 g/mol. The number of ether oxygens (including phenoxy) is 1. The highest BCUT2D eigenvalue weighted by Gasteiger charge is 2.39. The van der Waals surface area contributed by atoms with Crippen LogP contribution in [-0.4, -0.2) is 62.6 Å². The lowest BCUT2D eigenvalue weighted by Gasteiger charge is -2.42. The molecule has 0 amide bonds. The number of rotatable bonds is 9. The smallest absolute Gasteiger partial charge is 0.341 e. The molecule has 144 valence electrons. The SMILES string of the molecule is COC(=O)c1coc(S(=O)(=O)NC2CC(N(CC(=O)O)CC3CC3)C2)c1. The molecule has 26 heavy (non-hydrogen) atoms. The second-order valence-corrected chi connectivity index (χ2v) is 8.50. The summed E-state index contributed by atoms with van der Waals surface area (Å²) in [6.45, 7) is 0.721. The summed E-state index contributed by atoms with van der Waals surface area (Å²) in [5.74, 6) is -0.992. The van der Waals surface area contributed by atoms with Crippen LogP contribution in [-0.2, 0) is 19.6 Å². The third-order valence-electron chi connectivity index (χ3n) is 4.74.